The van der Waals surface area contributed by atoms with Gasteiger partial charge in [0.15, 0.2) is 0 Å². The van der Waals surface area contributed by atoms with Crippen LogP contribution in [0.15, 0.2) is 48.5 Å². The molecule has 0 bridgehead atoms. The van der Waals surface area contributed by atoms with Gasteiger partial charge in [0, 0.05) is 24.5 Å². The first-order chi connectivity index (χ1) is 8.93. The van der Waals surface area contributed by atoms with Crippen molar-refractivity contribution in [1.29, 1.82) is 0 Å². The van der Waals surface area contributed by atoms with E-state index in [9.17, 15) is 0 Å². The van der Waals surface area contributed by atoms with E-state index in [4.69, 9.17) is 0 Å². The molecule has 0 spiro atoms. The predicted molar refractivity (Wildman–Crippen MR) is 75.2 cm³/mol. The molecule has 2 aliphatic heterocycles. The number of para-hydroxylation sites is 2. The van der Waals surface area contributed by atoms with Gasteiger partial charge in [0.05, 0.1) is 6.04 Å². The Balaban J connectivity index is 1.75. The quantitative estimate of drug-likeness (QED) is 0.818. The van der Waals surface area contributed by atoms with Crippen LogP contribution in [0.25, 0.3) is 0 Å². The Kier molecular flexibility index (Phi) is 2.10. The molecule has 0 radical (unpaired) electrons. The maximum atomic E-state index is 3.52. The molecule has 2 nitrogen and oxygen atoms in total. The average molecular weight is 236 g/mol. The predicted octanol–water partition coefficient (Wildman–Crippen LogP) is 3.22. The van der Waals surface area contributed by atoms with Crippen molar-refractivity contribution in [1.82, 2.24) is 0 Å². The standard InChI is InChI=1S/C16H16N2/c1-4-8-15-12(5-1)9-10-18(15)16-11-17-14-7-3-2-6-13(14)16/h1-8,16-17H,9-11H2. The van der Waals surface area contributed by atoms with Crippen molar-refractivity contribution in [3.05, 3.63) is 59.7 Å². The van der Waals surface area contributed by atoms with Gasteiger partial charge in [0.1, 0.15) is 0 Å². The first-order valence-corrected chi connectivity index (χ1v) is 6.61. The molecule has 0 fully saturated rings. The minimum Gasteiger partial charge on any atom is -0.382 e. The first-order valence-electron chi connectivity index (χ1n) is 6.61. The van der Waals surface area contributed by atoms with Crippen LogP contribution in [0.3, 0.4) is 0 Å². The monoisotopic (exact) mass is 236 g/mol. The highest BCUT2D eigenvalue weighted by Crippen LogP contribution is 2.40. The zero-order valence-electron chi connectivity index (χ0n) is 10.3. The van der Waals surface area contributed by atoms with Crippen LogP contribution in [0.4, 0.5) is 11.4 Å². The van der Waals surface area contributed by atoms with Crippen LogP contribution < -0.4 is 10.2 Å². The number of nitrogens with one attached hydrogen (secondary N) is 1. The van der Waals surface area contributed by atoms with Gasteiger partial charge < -0.3 is 10.2 Å². The van der Waals surface area contributed by atoms with Gasteiger partial charge in [-0.15, -0.1) is 0 Å². The summed E-state index contributed by atoms with van der Waals surface area (Å²) in [5.74, 6) is 0. The molecule has 18 heavy (non-hydrogen) atoms. The Bertz CT molecular complexity index is 538. The number of nitrogens with zero attached hydrogens (tertiary/aromatic N) is 1. The van der Waals surface area contributed by atoms with E-state index in [0.29, 0.717) is 6.04 Å². The van der Waals surface area contributed by atoms with E-state index in [1.165, 1.54) is 28.9 Å². The fraction of sp³-hybridized carbons (Fsp3) is 0.250. The van der Waals surface area contributed by atoms with E-state index in [-0.39, 0.29) is 0 Å². The Hall–Kier alpha value is -1.96. The van der Waals surface area contributed by atoms with E-state index in [0.717, 1.165) is 13.1 Å². The molecule has 2 aromatic carbocycles. The third-order valence-corrected chi connectivity index (χ3v) is 4.10. The van der Waals surface area contributed by atoms with Crippen LogP contribution in [0.1, 0.15) is 17.2 Å². The van der Waals surface area contributed by atoms with Gasteiger partial charge in [-0.3, -0.25) is 0 Å². The second-order valence-corrected chi connectivity index (χ2v) is 5.06. The van der Waals surface area contributed by atoms with Gasteiger partial charge in [-0.05, 0) is 29.7 Å². The van der Waals surface area contributed by atoms with Gasteiger partial charge in [0.25, 0.3) is 0 Å². The molecule has 2 heteroatoms. The summed E-state index contributed by atoms with van der Waals surface area (Å²) in [5, 5.41) is 3.52. The SMILES string of the molecule is c1ccc2c(c1)CCN2C1CNc2ccccc21. The summed E-state index contributed by atoms with van der Waals surface area (Å²) >= 11 is 0. The Morgan fingerprint density at radius 2 is 1.83 bits per heavy atom. The molecule has 1 unspecified atom stereocenters. The summed E-state index contributed by atoms with van der Waals surface area (Å²) in [4.78, 5) is 2.55. The maximum Gasteiger partial charge on any atom is 0.0735 e. The molecule has 1 N–H and O–H groups in total. The smallest absolute Gasteiger partial charge is 0.0735 e. The highest BCUT2D eigenvalue weighted by Gasteiger charge is 2.31. The third kappa shape index (κ3) is 1.35. The molecule has 0 aromatic heterocycles. The minimum atomic E-state index is 0.491. The minimum absolute atomic E-state index is 0.491. The molecular weight excluding hydrogens is 220 g/mol. The fourth-order valence-corrected chi connectivity index (χ4v) is 3.23. The number of anilines is 2. The number of hydrogen-bond acceptors (Lipinski definition) is 2. The van der Waals surface area contributed by atoms with Gasteiger partial charge in [0.2, 0.25) is 0 Å². The van der Waals surface area contributed by atoms with Gasteiger partial charge in [-0.2, -0.15) is 0 Å². The zero-order valence-corrected chi connectivity index (χ0v) is 10.3. The molecule has 0 saturated heterocycles. The first kappa shape index (κ1) is 10.0. The summed E-state index contributed by atoms with van der Waals surface area (Å²) < 4.78 is 0. The largest absolute Gasteiger partial charge is 0.382 e. The number of hydrogen-bond donors (Lipinski definition) is 1. The summed E-state index contributed by atoms with van der Waals surface area (Å²) in [6.45, 7) is 2.16. The Labute approximate surface area is 107 Å². The summed E-state index contributed by atoms with van der Waals surface area (Å²) in [5.41, 5.74) is 5.64. The van der Waals surface area contributed by atoms with Crippen molar-refractivity contribution in [2.45, 2.75) is 12.5 Å². The molecule has 0 saturated carbocycles. The molecule has 90 valence electrons. The molecule has 2 aliphatic rings. The Morgan fingerprint density at radius 1 is 1.00 bits per heavy atom. The van der Waals surface area contributed by atoms with Crippen molar-refractivity contribution in [2.75, 3.05) is 23.3 Å². The van der Waals surface area contributed by atoms with Crippen LogP contribution in [-0.4, -0.2) is 13.1 Å². The second kappa shape index (κ2) is 3.77. The average Bonchev–Trinajstić information content (AvgIpc) is 3.01. The molecule has 4 rings (SSSR count). The molecule has 0 aliphatic carbocycles. The third-order valence-electron chi connectivity index (χ3n) is 4.10. The van der Waals surface area contributed by atoms with Gasteiger partial charge >= 0.3 is 0 Å². The van der Waals surface area contributed by atoms with Gasteiger partial charge in [-0.25, -0.2) is 0 Å². The lowest BCUT2D eigenvalue weighted by Gasteiger charge is -2.27. The molecule has 1 atom stereocenters. The van der Waals surface area contributed by atoms with Gasteiger partial charge in [-0.1, -0.05) is 36.4 Å². The summed E-state index contributed by atoms with van der Waals surface area (Å²) in [6.07, 6.45) is 1.18. The zero-order chi connectivity index (χ0) is 11.9. The molecule has 2 aromatic rings. The van der Waals surface area contributed by atoms with E-state index >= 15 is 0 Å². The van der Waals surface area contributed by atoms with Crippen LogP contribution in [0.2, 0.25) is 0 Å². The van der Waals surface area contributed by atoms with E-state index in [1.54, 1.807) is 0 Å². The van der Waals surface area contributed by atoms with Crippen molar-refractivity contribution in [3.8, 4) is 0 Å². The maximum absolute atomic E-state index is 3.52. The van der Waals surface area contributed by atoms with Crippen LogP contribution in [0.5, 0.6) is 0 Å². The van der Waals surface area contributed by atoms with Crippen molar-refractivity contribution in [2.24, 2.45) is 0 Å². The Morgan fingerprint density at radius 3 is 2.83 bits per heavy atom. The summed E-state index contributed by atoms with van der Waals surface area (Å²) in [6, 6.07) is 18.0. The molecular formula is C16H16N2. The topological polar surface area (TPSA) is 15.3 Å². The van der Waals surface area contributed by atoms with Crippen molar-refractivity contribution in [3.63, 3.8) is 0 Å². The number of benzene rings is 2. The van der Waals surface area contributed by atoms with Crippen molar-refractivity contribution >= 4 is 11.4 Å². The fourth-order valence-electron chi connectivity index (χ4n) is 3.23. The second-order valence-electron chi connectivity index (χ2n) is 5.06. The summed E-state index contributed by atoms with van der Waals surface area (Å²) in [7, 11) is 0. The number of fused-ring (bicyclic) bond motifs is 2. The highest BCUT2D eigenvalue weighted by atomic mass is 15.2. The van der Waals surface area contributed by atoms with E-state index in [2.05, 4.69) is 58.7 Å². The van der Waals surface area contributed by atoms with Crippen LogP contribution >= 0.6 is 0 Å². The molecule has 0 amide bonds. The lowest BCUT2D eigenvalue weighted by Crippen LogP contribution is -2.27. The number of rotatable bonds is 1. The van der Waals surface area contributed by atoms with Crippen LogP contribution in [0, 0.1) is 0 Å². The lowest BCUT2D eigenvalue weighted by molar-refractivity contribution is 0.692. The lowest BCUT2D eigenvalue weighted by atomic mass is 10.1. The van der Waals surface area contributed by atoms with Crippen LogP contribution in [-0.2, 0) is 6.42 Å². The van der Waals surface area contributed by atoms with E-state index in [1.807, 2.05) is 0 Å². The van der Waals surface area contributed by atoms with E-state index < -0.39 is 0 Å². The molecule has 2 heterocycles. The highest BCUT2D eigenvalue weighted by molar-refractivity contribution is 5.65. The normalized spacial score (nSPS) is 20.4. The van der Waals surface area contributed by atoms with Crippen molar-refractivity contribution < 1.29 is 0 Å².